The lowest BCUT2D eigenvalue weighted by Crippen LogP contribution is -2.37. The van der Waals surface area contributed by atoms with Crippen LogP contribution in [0.3, 0.4) is 0 Å². The van der Waals surface area contributed by atoms with Crippen LogP contribution in [0.1, 0.15) is 33.8 Å². The average Bonchev–Trinajstić information content (AvgIpc) is 2.53. The third kappa shape index (κ3) is 4.43. The molecule has 1 aromatic carbocycles. The monoisotopic (exact) mass is 310 g/mol. The van der Waals surface area contributed by atoms with Gasteiger partial charge in [-0.3, -0.25) is 4.79 Å². The van der Waals surface area contributed by atoms with E-state index in [4.69, 9.17) is 0 Å². The van der Waals surface area contributed by atoms with Crippen molar-refractivity contribution in [2.24, 2.45) is 0 Å². The number of hydrogen-bond donors (Lipinski definition) is 2. The summed E-state index contributed by atoms with van der Waals surface area (Å²) in [5.74, 6) is 2.48. The van der Waals surface area contributed by atoms with E-state index in [9.17, 15) is 4.79 Å². The Morgan fingerprint density at radius 1 is 1.30 bits per heavy atom. The fraction of sp³-hybridized carbons (Fsp3) is 0.533. The Morgan fingerprint density at radius 2 is 1.95 bits per heavy atom. The standard InChI is InChI=1S/C15H22N2OS2/c1-11(16-2)10-17-14(18)12-4-6-13(7-5-12)15-19-8-3-9-20-15/h4-7,11,15-16H,3,8-10H2,1-2H3,(H,17,18). The minimum Gasteiger partial charge on any atom is -0.350 e. The summed E-state index contributed by atoms with van der Waals surface area (Å²) in [4.78, 5) is 12.0. The topological polar surface area (TPSA) is 41.1 Å². The minimum absolute atomic E-state index is 0.00241. The molecule has 0 saturated carbocycles. The molecule has 2 rings (SSSR count). The third-order valence-electron chi connectivity index (χ3n) is 3.33. The number of carbonyl (C=O) groups excluding carboxylic acids is 1. The fourth-order valence-electron chi connectivity index (χ4n) is 1.92. The maximum Gasteiger partial charge on any atom is 0.251 e. The molecule has 3 nitrogen and oxygen atoms in total. The Kier molecular flexibility index (Phi) is 6.26. The van der Waals surface area contributed by atoms with Crippen molar-refractivity contribution in [3.8, 4) is 0 Å². The zero-order valence-electron chi connectivity index (χ0n) is 12.0. The van der Waals surface area contributed by atoms with Crippen LogP contribution in [0.2, 0.25) is 0 Å². The lowest BCUT2D eigenvalue weighted by Gasteiger charge is -2.21. The maximum atomic E-state index is 12.0. The van der Waals surface area contributed by atoms with E-state index in [2.05, 4.69) is 22.8 Å². The Hall–Kier alpha value is -0.650. The molecule has 20 heavy (non-hydrogen) atoms. The molecule has 1 aromatic rings. The van der Waals surface area contributed by atoms with E-state index in [0.29, 0.717) is 11.1 Å². The molecule has 1 saturated heterocycles. The van der Waals surface area contributed by atoms with Crippen LogP contribution >= 0.6 is 23.5 Å². The molecule has 1 unspecified atom stereocenters. The lowest BCUT2D eigenvalue weighted by atomic mass is 10.1. The Bertz CT molecular complexity index is 430. The first-order valence-corrected chi connectivity index (χ1v) is 9.09. The van der Waals surface area contributed by atoms with Crippen LogP contribution in [0.5, 0.6) is 0 Å². The number of amides is 1. The maximum absolute atomic E-state index is 12.0. The van der Waals surface area contributed by atoms with E-state index in [1.54, 1.807) is 0 Å². The normalized spacial score (nSPS) is 17.7. The van der Waals surface area contributed by atoms with Gasteiger partial charge in [-0.2, -0.15) is 0 Å². The highest BCUT2D eigenvalue weighted by molar-refractivity contribution is 8.16. The number of carbonyl (C=O) groups is 1. The van der Waals surface area contributed by atoms with Crippen molar-refractivity contribution >= 4 is 29.4 Å². The zero-order chi connectivity index (χ0) is 14.4. The molecule has 0 aromatic heterocycles. The number of benzene rings is 1. The second-order valence-electron chi connectivity index (χ2n) is 4.95. The molecule has 1 amide bonds. The van der Waals surface area contributed by atoms with Crippen LogP contribution < -0.4 is 10.6 Å². The van der Waals surface area contributed by atoms with Crippen molar-refractivity contribution in [1.29, 1.82) is 0 Å². The Morgan fingerprint density at radius 3 is 2.55 bits per heavy atom. The number of thioether (sulfide) groups is 2. The summed E-state index contributed by atoms with van der Waals surface area (Å²) in [6.45, 7) is 2.69. The molecule has 0 radical (unpaired) electrons. The van der Waals surface area contributed by atoms with Crippen molar-refractivity contribution in [2.45, 2.75) is 24.0 Å². The van der Waals surface area contributed by atoms with Crippen LogP contribution in [-0.2, 0) is 0 Å². The molecule has 1 atom stereocenters. The molecular weight excluding hydrogens is 288 g/mol. The molecule has 110 valence electrons. The van der Waals surface area contributed by atoms with Gasteiger partial charge in [0.05, 0.1) is 4.58 Å². The van der Waals surface area contributed by atoms with E-state index in [1.165, 1.54) is 23.5 Å². The van der Waals surface area contributed by atoms with Crippen LogP contribution in [0, 0.1) is 0 Å². The summed E-state index contributed by atoms with van der Waals surface area (Å²) >= 11 is 4.00. The lowest BCUT2D eigenvalue weighted by molar-refractivity contribution is 0.0950. The van der Waals surface area contributed by atoms with Gasteiger partial charge < -0.3 is 10.6 Å². The number of rotatable bonds is 5. The molecule has 1 aliphatic rings. The second-order valence-corrected chi connectivity index (χ2v) is 7.67. The van der Waals surface area contributed by atoms with Crippen LogP contribution in [-0.4, -0.2) is 37.0 Å². The Balaban J connectivity index is 1.91. The third-order valence-corrected chi connectivity index (χ3v) is 6.35. The van der Waals surface area contributed by atoms with Gasteiger partial charge in [-0.15, -0.1) is 23.5 Å². The van der Waals surface area contributed by atoms with Gasteiger partial charge in [0.1, 0.15) is 0 Å². The molecule has 0 spiro atoms. The molecule has 5 heteroatoms. The zero-order valence-corrected chi connectivity index (χ0v) is 13.7. The van der Waals surface area contributed by atoms with Gasteiger partial charge in [0, 0.05) is 18.2 Å². The molecule has 1 aliphatic heterocycles. The van der Waals surface area contributed by atoms with Crippen molar-refractivity contribution in [1.82, 2.24) is 10.6 Å². The molecule has 0 aliphatic carbocycles. The first-order valence-electron chi connectivity index (χ1n) is 6.99. The van der Waals surface area contributed by atoms with Gasteiger partial charge in [-0.1, -0.05) is 12.1 Å². The van der Waals surface area contributed by atoms with Gasteiger partial charge in [-0.25, -0.2) is 0 Å². The van der Waals surface area contributed by atoms with Gasteiger partial charge in [0.2, 0.25) is 0 Å². The van der Waals surface area contributed by atoms with E-state index in [0.717, 1.165) is 5.56 Å². The van der Waals surface area contributed by atoms with E-state index in [1.807, 2.05) is 49.6 Å². The number of nitrogens with one attached hydrogen (secondary N) is 2. The summed E-state index contributed by atoms with van der Waals surface area (Å²) in [5, 5.41) is 6.04. The van der Waals surface area contributed by atoms with E-state index in [-0.39, 0.29) is 11.9 Å². The highest BCUT2D eigenvalue weighted by atomic mass is 32.2. The second kappa shape index (κ2) is 7.96. The first kappa shape index (κ1) is 15.7. The smallest absolute Gasteiger partial charge is 0.251 e. The number of likely N-dealkylation sites (N-methyl/N-ethyl adjacent to an activating group) is 1. The molecule has 0 bridgehead atoms. The molecule has 2 N–H and O–H groups in total. The van der Waals surface area contributed by atoms with Crippen molar-refractivity contribution in [3.05, 3.63) is 35.4 Å². The van der Waals surface area contributed by atoms with Crippen molar-refractivity contribution in [3.63, 3.8) is 0 Å². The summed E-state index contributed by atoms with van der Waals surface area (Å²) in [6, 6.07) is 8.33. The predicted octanol–water partition coefficient (Wildman–Crippen LogP) is 2.89. The summed E-state index contributed by atoms with van der Waals surface area (Å²) in [7, 11) is 1.89. The van der Waals surface area contributed by atoms with Crippen molar-refractivity contribution < 1.29 is 4.79 Å². The van der Waals surface area contributed by atoms with Gasteiger partial charge >= 0.3 is 0 Å². The quantitative estimate of drug-likeness (QED) is 0.877. The summed E-state index contributed by atoms with van der Waals surface area (Å²) < 4.78 is 0.533. The van der Waals surface area contributed by atoms with E-state index >= 15 is 0 Å². The predicted molar refractivity (Wildman–Crippen MR) is 89.6 cm³/mol. The highest BCUT2D eigenvalue weighted by Crippen LogP contribution is 2.43. The largest absolute Gasteiger partial charge is 0.350 e. The average molecular weight is 310 g/mol. The van der Waals surface area contributed by atoms with Gasteiger partial charge in [0.25, 0.3) is 5.91 Å². The summed E-state index contributed by atoms with van der Waals surface area (Å²) in [5.41, 5.74) is 2.06. The Labute approximate surface area is 129 Å². The van der Waals surface area contributed by atoms with Gasteiger partial charge in [0.15, 0.2) is 0 Å². The van der Waals surface area contributed by atoms with E-state index < -0.39 is 0 Å². The SMILES string of the molecule is CNC(C)CNC(=O)c1ccc(C2SCCCS2)cc1. The van der Waals surface area contributed by atoms with Crippen LogP contribution in [0.15, 0.2) is 24.3 Å². The van der Waals surface area contributed by atoms with Crippen molar-refractivity contribution in [2.75, 3.05) is 25.1 Å². The van der Waals surface area contributed by atoms with Crippen LogP contribution in [0.4, 0.5) is 0 Å². The summed E-state index contributed by atoms with van der Waals surface area (Å²) in [6.07, 6.45) is 1.30. The fourth-order valence-corrected chi connectivity index (χ4v) is 4.82. The van der Waals surface area contributed by atoms with Crippen LogP contribution in [0.25, 0.3) is 0 Å². The number of hydrogen-bond acceptors (Lipinski definition) is 4. The molecule has 1 heterocycles. The minimum atomic E-state index is 0.00241. The molecular formula is C15H22N2OS2. The first-order chi connectivity index (χ1) is 9.70. The highest BCUT2D eigenvalue weighted by Gasteiger charge is 2.16. The van der Waals surface area contributed by atoms with Gasteiger partial charge in [-0.05, 0) is 49.6 Å². The molecule has 1 fully saturated rings.